The Labute approximate surface area is 93.9 Å². The van der Waals surface area contributed by atoms with Gasteiger partial charge in [0.2, 0.25) is 0 Å². The molecule has 0 atom stereocenters. The van der Waals surface area contributed by atoms with Gasteiger partial charge in [0.25, 0.3) is 0 Å². The molecule has 0 aromatic carbocycles. The molecule has 2 aromatic heterocycles. The number of nitrogens with two attached hydrogens (primary N) is 1. The average molecular weight is 218 g/mol. The molecule has 5 heteroatoms. The fourth-order valence-corrected chi connectivity index (χ4v) is 1.31. The van der Waals surface area contributed by atoms with Crippen molar-refractivity contribution in [2.45, 2.75) is 13.3 Å². The van der Waals surface area contributed by atoms with Gasteiger partial charge in [-0.3, -0.25) is 4.98 Å². The number of nitrogen functional groups attached to an aromatic ring is 1. The van der Waals surface area contributed by atoms with E-state index in [4.69, 9.17) is 10.5 Å². The van der Waals surface area contributed by atoms with E-state index in [1.807, 2.05) is 6.07 Å². The number of hydrogen-bond acceptors (Lipinski definition) is 4. The number of pyridine rings is 1. The average Bonchev–Trinajstić information content (AvgIpc) is 2.74. The van der Waals surface area contributed by atoms with Crippen LogP contribution in [0.2, 0.25) is 0 Å². The Hall–Kier alpha value is -2.04. The van der Waals surface area contributed by atoms with Crippen LogP contribution in [0.1, 0.15) is 13.3 Å². The highest BCUT2D eigenvalue weighted by Crippen LogP contribution is 2.15. The lowest BCUT2D eigenvalue weighted by Gasteiger charge is -2.06. The number of rotatable bonds is 4. The molecule has 0 aliphatic carbocycles. The smallest absolute Gasteiger partial charge is 0.139 e. The third-order valence-corrected chi connectivity index (χ3v) is 2.04. The number of hydrogen-bond donors (Lipinski definition) is 1. The Morgan fingerprint density at radius 2 is 2.25 bits per heavy atom. The van der Waals surface area contributed by atoms with Crippen LogP contribution < -0.4 is 10.5 Å². The molecule has 0 saturated carbocycles. The van der Waals surface area contributed by atoms with Crippen molar-refractivity contribution in [1.82, 2.24) is 14.8 Å². The number of ether oxygens (including phenoxy) is 1. The molecule has 0 aliphatic rings. The lowest BCUT2D eigenvalue weighted by atomic mass is 10.4. The van der Waals surface area contributed by atoms with E-state index in [9.17, 15) is 0 Å². The standard InChI is InChI=1S/C11H14N4O/c1-2-3-16-11-4-10(6-13-7-11)15-8-9(12)5-14-15/h4-8H,2-3,12H2,1H3. The van der Waals surface area contributed by atoms with Gasteiger partial charge in [0, 0.05) is 6.07 Å². The van der Waals surface area contributed by atoms with E-state index >= 15 is 0 Å². The topological polar surface area (TPSA) is 66.0 Å². The molecule has 2 rings (SSSR count). The summed E-state index contributed by atoms with van der Waals surface area (Å²) < 4.78 is 7.16. The zero-order valence-electron chi connectivity index (χ0n) is 9.13. The molecule has 0 saturated heterocycles. The number of aromatic nitrogens is 3. The maximum atomic E-state index is 5.60. The first kappa shape index (κ1) is 10.5. The zero-order chi connectivity index (χ0) is 11.4. The Balaban J connectivity index is 2.22. The first-order valence-corrected chi connectivity index (χ1v) is 5.18. The van der Waals surface area contributed by atoms with Gasteiger partial charge < -0.3 is 10.5 Å². The van der Waals surface area contributed by atoms with Crippen LogP contribution in [0.3, 0.4) is 0 Å². The highest BCUT2D eigenvalue weighted by molar-refractivity contribution is 5.39. The monoisotopic (exact) mass is 218 g/mol. The van der Waals surface area contributed by atoms with Crippen molar-refractivity contribution in [3.05, 3.63) is 30.9 Å². The lowest BCUT2D eigenvalue weighted by Crippen LogP contribution is -1.99. The minimum atomic E-state index is 0.625. The van der Waals surface area contributed by atoms with Crippen LogP contribution in [0.25, 0.3) is 5.69 Å². The van der Waals surface area contributed by atoms with Gasteiger partial charge in [-0.2, -0.15) is 5.10 Å². The maximum Gasteiger partial charge on any atom is 0.139 e. The second-order valence-corrected chi connectivity index (χ2v) is 3.45. The molecule has 0 bridgehead atoms. The predicted molar refractivity (Wildman–Crippen MR) is 61.6 cm³/mol. The summed E-state index contributed by atoms with van der Waals surface area (Å²) in [6.45, 7) is 2.75. The lowest BCUT2D eigenvalue weighted by molar-refractivity contribution is 0.316. The summed E-state index contributed by atoms with van der Waals surface area (Å²) >= 11 is 0. The SMILES string of the molecule is CCCOc1cncc(-n2cc(N)cn2)c1. The molecule has 0 amide bonds. The van der Waals surface area contributed by atoms with Gasteiger partial charge in [0.05, 0.1) is 42.8 Å². The second-order valence-electron chi connectivity index (χ2n) is 3.45. The summed E-state index contributed by atoms with van der Waals surface area (Å²) in [6, 6.07) is 1.88. The summed E-state index contributed by atoms with van der Waals surface area (Å²) in [7, 11) is 0. The van der Waals surface area contributed by atoms with Crippen molar-refractivity contribution in [3.63, 3.8) is 0 Å². The summed E-state index contributed by atoms with van der Waals surface area (Å²) in [5.74, 6) is 0.744. The molecule has 84 valence electrons. The summed E-state index contributed by atoms with van der Waals surface area (Å²) in [5.41, 5.74) is 7.06. The summed E-state index contributed by atoms with van der Waals surface area (Å²) in [4.78, 5) is 4.10. The predicted octanol–water partition coefficient (Wildman–Crippen LogP) is 1.64. The molecular formula is C11H14N4O. The molecule has 0 unspecified atom stereocenters. The van der Waals surface area contributed by atoms with Crippen LogP contribution in [0, 0.1) is 0 Å². The van der Waals surface area contributed by atoms with E-state index in [1.165, 1.54) is 0 Å². The number of nitrogens with zero attached hydrogens (tertiary/aromatic N) is 3. The molecule has 0 spiro atoms. The van der Waals surface area contributed by atoms with Crippen molar-refractivity contribution >= 4 is 5.69 Å². The largest absolute Gasteiger partial charge is 0.492 e. The van der Waals surface area contributed by atoms with Gasteiger partial charge in [-0.15, -0.1) is 0 Å². The van der Waals surface area contributed by atoms with Gasteiger partial charge in [-0.05, 0) is 6.42 Å². The molecule has 16 heavy (non-hydrogen) atoms. The van der Waals surface area contributed by atoms with Crippen LogP contribution in [-0.2, 0) is 0 Å². The Morgan fingerprint density at radius 1 is 1.38 bits per heavy atom. The molecular weight excluding hydrogens is 204 g/mol. The van der Waals surface area contributed by atoms with Gasteiger partial charge >= 0.3 is 0 Å². The van der Waals surface area contributed by atoms with Crippen LogP contribution in [0.15, 0.2) is 30.9 Å². The van der Waals surface area contributed by atoms with Crippen LogP contribution >= 0.6 is 0 Å². The van der Waals surface area contributed by atoms with E-state index < -0.39 is 0 Å². The van der Waals surface area contributed by atoms with Crippen LogP contribution in [0.5, 0.6) is 5.75 Å². The fraction of sp³-hybridized carbons (Fsp3) is 0.273. The van der Waals surface area contributed by atoms with Crippen molar-refractivity contribution in [3.8, 4) is 11.4 Å². The highest BCUT2D eigenvalue weighted by atomic mass is 16.5. The Kier molecular flexibility index (Phi) is 3.05. The van der Waals surface area contributed by atoms with Gasteiger partial charge in [-0.25, -0.2) is 4.68 Å². The van der Waals surface area contributed by atoms with Crippen molar-refractivity contribution in [2.24, 2.45) is 0 Å². The first-order chi connectivity index (χ1) is 7.79. The third kappa shape index (κ3) is 2.31. The Morgan fingerprint density at radius 3 is 2.94 bits per heavy atom. The fourth-order valence-electron chi connectivity index (χ4n) is 1.31. The quantitative estimate of drug-likeness (QED) is 0.847. The van der Waals surface area contributed by atoms with Gasteiger partial charge in [0.15, 0.2) is 0 Å². The normalized spacial score (nSPS) is 10.3. The molecule has 2 aromatic rings. The minimum Gasteiger partial charge on any atom is -0.492 e. The maximum absolute atomic E-state index is 5.60. The molecule has 0 fully saturated rings. The summed E-state index contributed by atoms with van der Waals surface area (Å²) in [6.07, 6.45) is 7.70. The highest BCUT2D eigenvalue weighted by Gasteiger charge is 2.01. The minimum absolute atomic E-state index is 0.625. The van der Waals surface area contributed by atoms with Crippen molar-refractivity contribution in [1.29, 1.82) is 0 Å². The molecule has 2 N–H and O–H groups in total. The van der Waals surface area contributed by atoms with E-state index in [1.54, 1.807) is 29.5 Å². The molecule has 0 aliphatic heterocycles. The van der Waals surface area contributed by atoms with E-state index in [0.29, 0.717) is 12.3 Å². The second kappa shape index (κ2) is 4.65. The van der Waals surface area contributed by atoms with Crippen molar-refractivity contribution in [2.75, 3.05) is 12.3 Å². The zero-order valence-corrected chi connectivity index (χ0v) is 9.13. The van der Waals surface area contributed by atoms with Crippen LogP contribution in [-0.4, -0.2) is 21.4 Å². The third-order valence-electron chi connectivity index (χ3n) is 2.04. The summed E-state index contributed by atoms with van der Waals surface area (Å²) in [5, 5.41) is 4.10. The Bertz CT molecular complexity index is 467. The molecule has 2 heterocycles. The van der Waals surface area contributed by atoms with Gasteiger partial charge in [-0.1, -0.05) is 6.92 Å². The molecule has 5 nitrogen and oxygen atoms in total. The number of anilines is 1. The van der Waals surface area contributed by atoms with Gasteiger partial charge in [0.1, 0.15) is 5.75 Å². The van der Waals surface area contributed by atoms with E-state index in [-0.39, 0.29) is 0 Å². The van der Waals surface area contributed by atoms with Crippen molar-refractivity contribution < 1.29 is 4.74 Å². The first-order valence-electron chi connectivity index (χ1n) is 5.18. The van der Waals surface area contributed by atoms with E-state index in [0.717, 1.165) is 17.9 Å². The molecule has 0 radical (unpaired) electrons. The van der Waals surface area contributed by atoms with Crippen LogP contribution in [0.4, 0.5) is 5.69 Å². The van der Waals surface area contributed by atoms with E-state index in [2.05, 4.69) is 17.0 Å².